The maximum absolute atomic E-state index is 5.45. The molecule has 324 valence electrons. The van der Waals surface area contributed by atoms with E-state index in [0.29, 0.717) is 0 Å². The van der Waals surface area contributed by atoms with Crippen molar-refractivity contribution >= 4 is 115 Å². The first-order valence-corrected chi connectivity index (χ1v) is 23.9. The molecule has 6 nitrogen and oxygen atoms in total. The molecule has 5 heterocycles. The third-order valence-electron chi connectivity index (χ3n) is 14.9. The van der Waals surface area contributed by atoms with Gasteiger partial charge in [-0.1, -0.05) is 146 Å². The summed E-state index contributed by atoms with van der Waals surface area (Å²) in [6.45, 7) is 0. The average molecular weight is 891 g/mol. The molecule has 0 saturated heterocycles. The number of imidazole rings is 1. The third kappa shape index (κ3) is 5.11. The normalized spacial score (nSPS) is 12.3. The van der Waals surface area contributed by atoms with Crippen LogP contribution in [-0.4, -0.2) is 28.1 Å². The molecule has 0 aliphatic rings. The lowest BCUT2D eigenvalue weighted by molar-refractivity contribution is 0.979. The predicted octanol–water partition coefficient (Wildman–Crippen LogP) is 16.3. The SMILES string of the molecule is c1ccc2c(c1)ccc1c2c2ccccc2n1-c1cc(-c2ccc3c(c2)c2ccccc2n3-c2nc3ccccc3c3nc4ccccc4n23)cc(-n2c3ccccc3c3c4ccccc4ccc32)c1. The van der Waals surface area contributed by atoms with E-state index in [1.165, 1.54) is 65.2 Å². The van der Waals surface area contributed by atoms with Crippen LogP contribution in [-0.2, 0) is 0 Å². The van der Waals surface area contributed by atoms with E-state index >= 15 is 0 Å². The molecule has 0 spiro atoms. The predicted molar refractivity (Wildman–Crippen MR) is 291 cm³/mol. The number of hydrogen-bond donors (Lipinski definition) is 0. The van der Waals surface area contributed by atoms with E-state index in [4.69, 9.17) is 9.97 Å². The van der Waals surface area contributed by atoms with Gasteiger partial charge in [0.25, 0.3) is 0 Å². The molecule has 0 aliphatic heterocycles. The Morgan fingerprint density at radius 2 is 0.743 bits per heavy atom. The van der Waals surface area contributed by atoms with Crippen LogP contribution in [0.3, 0.4) is 0 Å². The Hall–Kier alpha value is -9.52. The minimum atomic E-state index is 0.809. The number of rotatable bonds is 4. The molecule has 0 radical (unpaired) electrons. The molecule has 0 atom stereocenters. The molecular formula is C64H38N6. The van der Waals surface area contributed by atoms with Crippen molar-refractivity contribution < 1.29 is 0 Å². The van der Waals surface area contributed by atoms with Gasteiger partial charge in [-0.15, -0.1) is 0 Å². The largest absolute Gasteiger partial charge is 0.309 e. The van der Waals surface area contributed by atoms with Crippen molar-refractivity contribution in [3.05, 3.63) is 231 Å². The Balaban J connectivity index is 1.00. The summed E-state index contributed by atoms with van der Waals surface area (Å²) in [6, 6.07) is 84.0. The van der Waals surface area contributed by atoms with E-state index in [9.17, 15) is 0 Å². The summed E-state index contributed by atoms with van der Waals surface area (Å²) in [5.74, 6) is 0.809. The highest BCUT2D eigenvalue weighted by Crippen LogP contribution is 2.43. The molecule has 6 heteroatoms. The van der Waals surface area contributed by atoms with Gasteiger partial charge in [-0.3, -0.25) is 8.97 Å². The maximum Gasteiger partial charge on any atom is 0.221 e. The number of fused-ring (bicyclic) bond motifs is 18. The summed E-state index contributed by atoms with van der Waals surface area (Å²) in [4.78, 5) is 10.6. The second kappa shape index (κ2) is 14.0. The van der Waals surface area contributed by atoms with Crippen LogP contribution in [0.15, 0.2) is 231 Å². The first kappa shape index (κ1) is 37.6. The van der Waals surface area contributed by atoms with Gasteiger partial charge in [0.1, 0.15) is 5.65 Å². The van der Waals surface area contributed by atoms with Gasteiger partial charge in [0.2, 0.25) is 5.95 Å². The number of benzene rings is 11. The van der Waals surface area contributed by atoms with Crippen molar-refractivity contribution in [2.45, 2.75) is 0 Å². The van der Waals surface area contributed by atoms with Gasteiger partial charge in [0, 0.05) is 49.1 Å². The highest BCUT2D eigenvalue weighted by molar-refractivity contribution is 6.23. The van der Waals surface area contributed by atoms with Crippen molar-refractivity contribution in [1.29, 1.82) is 0 Å². The van der Waals surface area contributed by atoms with Crippen LogP contribution in [0.4, 0.5) is 0 Å². The van der Waals surface area contributed by atoms with Gasteiger partial charge in [-0.05, 0) is 118 Å². The van der Waals surface area contributed by atoms with Crippen molar-refractivity contribution in [1.82, 2.24) is 28.1 Å². The first-order chi connectivity index (χ1) is 34.7. The van der Waals surface area contributed by atoms with E-state index in [-0.39, 0.29) is 0 Å². The van der Waals surface area contributed by atoms with Gasteiger partial charge in [-0.25, -0.2) is 9.97 Å². The van der Waals surface area contributed by atoms with Crippen molar-refractivity contribution in [3.63, 3.8) is 0 Å². The standard InChI is InChI=1S/C64H38N6/c1-3-17-45-39(15-1)29-33-59-61(45)49-21-7-12-26-55(49)67(59)43-35-42(36-44(38-43)68-56-27-13-8-22-50(56)62-46-18-4-2-16-40(46)30-34-60(62)68)41-31-32-57-51(37-41)47-19-6-11-25-54(47)69(57)64-66-52-23-9-5-20-48(52)63-65-53-24-10-14-28-58(53)70(63)64/h1-38H. The Bertz CT molecular complexity index is 4730. The number of para-hydroxylation sites is 6. The Morgan fingerprint density at radius 1 is 0.271 bits per heavy atom. The summed E-state index contributed by atoms with van der Waals surface area (Å²) in [5, 5.41) is 13.3. The molecule has 0 amide bonds. The zero-order valence-corrected chi connectivity index (χ0v) is 37.6. The van der Waals surface area contributed by atoms with Crippen LogP contribution < -0.4 is 0 Å². The minimum absolute atomic E-state index is 0.809. The smallest absolute Gasteiger partial charge is 0.221 e. The minimum Gasteiger partial charge on any atom is -0.309 e. The van der Waals surface area contributed by atoms with E-state index in [1.807, 2.05) is 0 Å². The number of nitrogens with zero attached hydrogens (tertiary/aromatic N) is 6. The number of hydrogen-bond acceptors (Lipinski definition) is 2. The topological polar surface area (TPSA) is 45.0 Å². The number of aromatic nitrogens is 6. The molecule has 16 rings (SSSR count). The van der Waals surface area contributed by atoms with Crippen LogP contribution in [0.25, 0.3) is 143 Å². The highest BCUT2D eigenvalue weighted by atomic mass is 15.2. The van der Waals surface area contributed by atoms with Gasteiger partial charge in [0.15, 0.2) is 0 Å². The second-order valence-corrected chi connectivity index (χ2v) is 18.6. The van der Waals surface area contributed by atoms with Crippen molar-refractivity contribution in [2.75, 3.05) is 0 Å². The van der Waals surface area contributed by atoms with Gasteiger partial charge < -0.3 is 9.13 Å². The van der Waals surface area contributed by atoms with E-state index in [1.54, 1.807) is 0 Å². The molecule has 16 aromatic rings. The molecule has 0 unspecified atom stereocenters. The van der Waals surface area contributed by atoms with E-state index in [0.717, 1.165) is 77.8 Å². The Labute approximate surface area is 399 Å². The summed E-state index contributed by atoms with van der Waals surface area (Å²) in [7, 11) is 0. The molecule has 0 aliphatic carbocycles. The highest BCUT2D eigenvalue weighted by Gasteiger charge is 2.23. The van der Waals surface area contributed by atoms with E-state index < -0.39 is 0 Å². The third-order valence-corrected chi connectivity index (χ3v) is 14.9. The molecule has 0 bridgehead atoms. The lowest BCUT2D eigenvalue weighted by atomic mass is 10.0. The van der Waals surface area contributed by atoms with Crippen molar-refractivity contribution in [2.24, 2.45) is 0 Å². The maximum atomic E-state index is 5.45. The molecule has 0 saturated carbocycles. The Kier molecular flexibility index (Phi) is 7.52. The van der Waals surface area contributed by atoms with Gasteiger partial charge >= 0.3 is 0 Å². The van der Waals surface area contributed by atoms with Crippen LogP contribution in [0, 0.1) is 0 Å². The lowest BCUT2D eigenvalue weighted by Crippen LogP contribution is -2.06. The Morgan fingerprint density at radius 3 is 1.37 bits per heavy atom. The zero-order valence-electron chi connectivity index (χ0n) is 37.6. The first-order valence-electron chi connectivity index (χ1n) is 23.9. The fraction of sp³-hybridized carbons (Fsp3) is 0. The van der Waals surface area contributed by atoms with Gasteiger partial charge in [-0.2, -0.15) is 0 Å². The van der Waals surface area contributed by atoms with Crippen LogP contribution >= 0.6 is 0 Å². The zero-order chi connectivity index (χ0) is 45.6. The van der Waals surface area contributed by atoms with Gasteiger partial charge in [0.05, 0.1) is 49.7 Å². The quantitative estimate of drug-likeness (QED) is 0.177. The van der Waals surface area contributed by atoms with Crippen LogP contribution in [0.2, 0.25) is 0 Å². The van der Waals surface area contributed by atoms with Crippen molar-refractivity contribution in [3.8, 4) is 28.5 Å². The van der Waals surface area contributed by atoms with Crippen LogP contribution in [0.1, 0.15) is 0 Å². The lowest BCUT2D eigenvalue weighted by Gasteiger charge is -2.16. The molecule has 11 aromatic carbocycles. The summed E-state index contributed by atoms with van der Waals surface area (Å²) < 4.78 is 9.51. The molecular weight excluding hydrogens is 853 g/mol. The van der Waals surface area contributed by atoms with Crippen LogP contribution in [0.5, 0.6) is 0 Å². The summed E-state index contributed by atoms with van der Waals surface area (Å²) in [5.41, 5.74) is 15.1. The average Bonchev–Trinajstić information content (AvgIpc) is 4.18. The summed E-state index contributed by atoms with van der Waals surface area (Å²) in [6.07, 6.45) is 0. The fourth-order valence-corrected chi connectivity index (χ4v) is 11.9. The molecule has 0 fully saturated rings. The summed E-state index contributed by atoms with van der Waals surface area (Å²) >= 11 is 0. The fourth-order valence-electron chi connectivity index (χ4n) is 11.9. The monoisotopic (exact) mass is 890 g/mol. The second-order valence-electron chi connectivity index (χ2n) is 18.6. The molecule has 0 N–H and O–H groups in total. The molecule has 70 heavy (non-hydrogen) atoms. The van der Waals surface area contributed by atoms with E-state index in [2.05, 4.69) is 249 Å². The molecule has 5 aromatic heterocycles.